The normalized spacial score (nSPS) is 23.4. The Hall–Kier alpha value is -1.60. The molecule has 0 bridgehead atoms. The molecule has 4 heteroatoms. The Bertz CT molecular complexity index is 453. The molecule has 1 aromatic heterocycles. The maximum atomic E-state index is 9.90. The Morgan fingerprint density at radius 3 is 2.94 bits per heavy atom. The minimum absolute atomic E-state index is 0.221. The van der Waals surface area contributed by atoms with Gasteiger partial charge in [0.1, 0.15) is 11.9 Å². The summed E-state index contributed by atoms with van der Waals surface area (Å²) in [7, 11) is 0. The topological polar surface area (TPSA) is 68.9 Å². The number of anilines is 1. The van der Waals surface area contributed by atoms with E-state index in [0.29, 0.717) is 17.9 Å². The summed E-state index contributed by atoms with van der Waals surface area (Å²) in [5.41, 5.74) is 1.45. The van der Waals surface area contributed by atoms with Crippen LogP contribution in [0, 0.1) is 24.2 Å². The molecular weight excluding hydrogens is 226 g/mol. The number of aliphatic hydroxyl groups excluding tert-OH is 1. The minimum Gasteiger partial charge on any atom is -0.393 e. The maximum Gasteiger partial charge on any atom is 0.144 e. The van der Waals surface area contributed by atoms with E-state index in [1.807, 2.05) is 13.0 Å². The smallest absolute Gasteiger partial charge is 0.144 e. The van der Waals surface area contributed by atoms with Gasteiger partial charge in [0.05, 0.1) is 11.7 Å². The van der Waals surface area contributed by atoms with E-state index in [9.17, 15) is 5.11 Å². The molecule has 96 valence electrons. The lowest BCUT2D eigenvalue weighted by atomic mass is 9.86. The zero-order valence-electron chi connectivity index (χ0n) is 10.7. The molecule has 1 heterocycles. The van der Waals surface area contributed by atoms with Gasteiger partial charge in [-0.25, -0.2) is 4.98 Å². The van der Waals surface area contributed by atoms with Gasteiger partial charge >= 0.3 is 0 Å². The van der Waals surface area contributed by atoms with Crippen molar-refractivity contribution in [2.75, 3.05) is 11.9 Å². The molecule has 1 aromatic rings. The molecule has 2 N–H and O–H groups in total. The van der Waals surface area contributed by atoms with E-state index in [-0.39, 0.29) is 12.0 Å². The van der Waals surface area contributed by atoms with Crippen LogP contribution in [0.4, 0.5) is 5.82 Å². The average Bonchev–Trinajstić information content (AvgIpc) is 2.38. The highest BCUT2D eigenvalue weighted by molar-refractivity contribution is 5.52. The van der Waals surface area contributed by atoms with Gasteiger partial charge in [0.25, 0.3) is 0 Å². The molecule has 0 amide bonds. The third-order valence-corrected chi connectivity index (χ3v) is 3.56. The first-order chi connectivity index (χ1) is 8.70. The van der Waals surface area contributed by atoms with Gasteiger partial charge in [0.2, 0.25) is 0 Å². The first-order valence-corrected chi connectivity index (χ1v) is 6.50. The molecule has 0 spiro atoms. The van der Waals surface area contributed by atoms with Gasteiger partial charge in [-0.3, -0.25) is 0 Å². The van der Waals surface area contributed by atoms with Gasteiger partial charge in [-0.1, -0.05) is 12.8 Å². The monoisotopic (exact) mass is 245 g/mol. The van der Waals surface area contributed by atoms with Crippen LogP contribution in [0.25, 0.3) is 0 Å². The van der Waals surface area contributed by atoms with Gasteiger partial charge in [-0.2, -0.15) is 5.26 Å². The molecule has 18 heavy (non-hydrogen) atoms. The van der Waals surface area contributed by atoms with E-state index in [0.717, 1.165) is 25.0 Å². The summed E-state index contributed by atoms with van der Waals surface area (Å²) >= 11 is 0. The molecule has 1 aliphatic rings. The Balaban J connectivity index is 2.01. The van der Waals surface area contributed by atoms with Crippen molar-refractivity contribution in [1.82, 2.24) is 4.98 Å². The highest BCUT2D eigenvalue weighted by Gasteiger charge is 2.22. The second-order valence-electron chi connectivity index (χ2n) is 4.95. The van der Waals surface area contributed by atoms with Crippen LogP contribution in [-0.4, -0.2) is 22.7 Å². The fourth-order valence-corrected chi connectivity index (χ4v) is 2.44. The van der Waals surface area contributed by atoms with Crippen LogP contribution >= 0.6 is 0 Å². The lowest BCUT2D eigenvalue weighted by Gasteiger charge is -2.27. The number of aliphatic hydroxyl groups is 1. The Kier molecular flexibility index (Phi) is 4.16. The van der Waals surface area contributed by atoms with E-state index >= 15 is 0 Å². The third kappa shape index (κ3) is 2.99. The SMILES string of the molecule is Cc1ccc(C#N)c(NCC2CCCCC2O)n1. The summed E-state index contributed by atoms with van der Waals surface area (Å²) in [5, 5.41) is 22.1. The molecule has 0 radical (unpaired) electrons. The van der Waals surface area contributed by atoms with E-state index in [4.69, 9.17) is 5.26 Å². The Morgan fingerprint density at radius 2 is 2.22 bits per heavy atom. The molecule has 1 saturated carbocycles. The largest absolute Gasteiger partial charge is 0.393 e. The van der Waals surface area contributed by atoms with E-state index < -0.39 is 0 Å². The molecule has 2 rings (SSSR count). The quantitative estimate of drug-likeness (QED) is 0.856. The molecule has 4 nitrogen and oxygen atoms in total. The minimum atomic E-state index is -0.221. The fraction of sp³-hybridized carbons (Fsp3) is 0.571. The molecule has 2 unspecified atom stereocenters. The van der Waals surface area contributed by atoms with Gasteiger partial charge in [-0.05, 0) is 31.9 Å². The summed E-state index contributed by atoms with van der Waals surface area (Å²) < 4.78 is 0. The Labute approximate surface area is 108 Å². The van der Waals surface area contributed by atoms with Crippen LogP contribution in [-0.2, 0) is 0 Å². The number of hydrogen-bond acceptors (Lipinski definition) is 4. The summed E-state index contributed by atoms with van der Waals surface area (Å²) in [6.07, 6.45) is 4.00. The van der Waals surface area contributed by atoms with E-state index in [2.05, 4.69) is 16.4 Å². The van der Waals surface area contributed by atoms with Crippen molar-refractivity contribution >= 4 is 5.82 Å². The second-order valence-corrected chi connectivity index (χ2v) is 4.95. The van der Waals surface area contributed by atoms with Crippen LogP contribution in [0.3, 0.4) is 0 Å². The average molecular weight is 245 g/mol. The van der Waals surface area contributed by atoms with Crippen molar-refractivity contribution in [2.24, 2.45) is 5.92 Å². The summed E-state index contributed by atoms with van der Waals surface area (Å²) in [6.45, 7) is 2.59. The summed E-state index contributed by atoms with van der Waals surface area (Å²) in [4.78, 5) is 4.34. The van der Waals surface area contributed by atoms with Gasteiger partial charge < -0.3 is 10.4 Å². The molecule has 0 saturated heterocycles. The van der Waals surface area contributed by atoms with Crippen molar-refractivity contribution in [3.63, 3.8) is 0 Å². The number of nitrogens with zero attached hydrogens (tertiary/aromatic N) is 2. The van der Waals surface area contributed by atoms with Crippen LogP contribution < -0.4 is 5.32 Å². The van der Waals surface area contributed by atoms with Gasteiger partial charge in [-0.15, -0.1) is 0 Å². The van der Waals surface area contributed by atoms with Crippen LogP contribution in [0.2, 0.25) is 0 Å². The van der Waals surface area contributed by atoms with E-state index in [1.165, 1.54) is 6.42 Å². The van der Waals surface area contributed by atoms with Crippen molar-refractivity contribution in [2.45, 2.75) is 38.7 Å². The number of nitrogens with one attached hydrogen (secondary N) is 1. The van der Waals surface area contributed by atoms with Crippen LogP contribution in [0.15, 0.2) is 12.1 Å². The first kappa shape index (κ1) is 12.8. The highest BCUT2D eigenvalue weighted by atomic mass is 16.3. The standard InChI is InChI=1S/C14H19N3O/c1-10-6-7-11(8-15)14(17-10)16-9-12-4-2-3-5-13(12)18/h6-7,12-13,18H,2-5,9H2,1H3,(H,16,17). The zero-order chi connectivity index (χ0) is 13.0. The van der Waals surface area contributed by atoms with E-state index in [1.54, 1.807) is 6.07 Å². The number of hydrogen-bond donors (Lipinski definition) is 2. The zero-order valence-corrected chi connectivity index (χ0v) is 10.7. The number of aromatic nitrogens is 1. The number of rotatable bonds is 3. The molecular formula is C14H19N3O. The number of nitriles is 1. The Morgan fingerprint density at radius 1 is 1.44 bits per heavy atom. The summed E-state index contributed by atoms with van der Waals surface area (Å²) in [6, 6.07) is 5.75. The molecule has 0 aliphatic heterocycles. The van der Waals surface area contributed by atoms with Crippen molar-refractivity contribution < 1.29 is 5.11 Å². The molecule has 2 atom stereocenters. The van der Waals surface area contributed by atoms with Crippen LogP contribution in [0.5, 0.6) is 0 Å². The lowest BCUT2D eigenvalue weighted by Crippen LogP contribution is -2.30. The second kappa shape index (κ2) is 5.83. The predicted molar refractivity (Wildman–Crippen MR) is 70.1 cm³/mol. The van der Waals surface area contributed by atoms with Crippen molar-refractivity contribution in [3.05, 3.63) is 23.4 Å². The number of aryl methyl sites for hydroxylation is 1. The fourth-order valence-electron chi connectivity index (χ4n) is 2.44. The van der Waals surface area contributed by atoms with Gasteiger partial charge in [0, 0.05) is 18.2 Å². The third-order valence-electron chi connectivity index (χ3n) is 3.56. The van der Waals surface area contributed by atoms with Gasteiger partial charge in [0.15, 0.2) is 0 Å². The van der Waals surface area contributed by atoms with Crippen molar-refractivity contribution in [3.8, 4) is 6.07 Å². The maximum absolute atomic E-state index is 9.90. The first-order valence-electron chi connectivity index (χ1n) is 6.50. The highest BCUT2D eigenvalue weighted by Crippen LogP contribution is 2.25. The number of pyridine rings is 1. The lowest BCUT2D eigenvalue weighted by molar-refractivity contribution is 0.0763. The molecule has 1 fully saturated rings. The predicted octanol–water partition coefficient (Wildman–Crippen LogP) is 2.22. The van der Waals surface area contributed by atoms with Crippen molar-refractivity contribution in [1.29, 1.82) is 5.26 Å². The van der Waals surface area contributed by atoms with Crippen LogP contribution in [0.1, 0.15) is 36.9 Å². The summed E-state index contributed by atoms with van der Waals surface area (Å²) in [5.74, 6) is 0.905. The molecule has 1 aliphatic carbocycles. The molecule has 0 aromatic carbocycles.